The fraction of sp³-hybridized carbons (Fsp3) is 0.462. The molecular weight excluding hydrogens is 293 g/mol. The molecule has 1 rings (SSSR count). The van der Waals surface area contributed by atoms with Gasteiger partial charge >= 0.3 is 6.18 Å². The maximum absolute atomic E-state index is 12.9. The van der Waals surface area contributed by atoms with Gasteiger partial charge in [0.1, 0.15) is 0 Å². The first kappa shape index (κ1) is 16.8. The molecule has 1 amide bonds. The van der Waals surface area contributed by atoms with Crippen LogP contribution in [0.5, 0.6) is 0 Å². The first-order chi connectivity index (χ1) is 9.08. The van der Waals surface area contributed by atoms with E-state index in [0.717, 1.165) is 12.1 Å². The van der Waals surface area contributed by atoms with Gasteiger partial charge < -0.3 is 11.1 Å². The molecule has 0 saturated carbocycles. The first-order valence-corrected chi connectivity index (χ1v) is 6.43. The highest BCUT2D eigenvalue weighted by Gasteiger charge is 2.35. The largest absolute Gasteiger partial charge is 0.418 e. The zero-order valence-electron chi connectivity index (χ0n) is 11.1. The van der Waals surface area contributed by atoms with Crippen LogP contribution in [0.15, 0.2) is 18.2 Å². The Morgan fingerprint density at radius 3 is 2.50 bits per heavy atom. The van der Waals surface area contributed by atoms with Gasteiger partial charge in [0.15, 0.2) is 0 Å². The standard InChI is InChI=1S/C13H16ClF3N2O/c1-3-6-12(2,18)11(20)19-10-5-4-8(14)7-9(10)13(15,16)17/h4-5,7H,3,6,18H2,1-2H3,(H,19,20). The minimum Gasteiger partial charge on any atom is -0.324 e. The van der Waals surface area contributed by atoms with Gasteiger partial charge in [-0.25, -0.2) is 0 Å². The van der Waals surface area contributed by atoms with Crippen LogP contribution in [0.2, 0.25) is 5.02 Å². The molecule has 0 bridgehead atoms. The van der Waals surface area contributed by atoms with Crippen molar-refractivity contribution < 1.29 is 18.0 Å². The lowest BCUT2D eigenvalue weighted by Crippen LogP contribution is -2.48. The molecule has 7 heteroatoms. The summed E-state index contributed by atoms with van der Waals surface area (Å²) in [5.74, 6) is -0.660. The van der Waals surface area contributed by atoms with Crippen molar-refractivity contribution in [3.05, 3.63) is 28.8 Å². The van der Waals surface area contributed by atoms with Crippen LogP contribution in [0.4, 0.5) is 18.9 Å². The average molecular weight is 309 g/mol. The van der Waals surface area contributed by atoms with Crippen LogP contribution >= 0.6 is 11.6 Å². The van der Waals surface area contributed by atoms with Crippen molar-refractivity contribution in [3.8, 4) is 0 Å². The third-order valence-electron chi connectivity index (χ3n) is 2.82. The van der Waals surface area contributed by atoms with E-state index in [4.69, 9.17) is 17.3 Å². The number of nitrogens with one attached hydrogen (secondary N) is 1. The number of hydrogen-bond acceptors (Lipinski definition) is 2. The Kier molecular flexibility index (Phi) is 5.05. The van der Waals surface area contributed by atoms with Crippen molar-refractivity contribution >= 4 is 23.2 Å². The van der Waals surface area contributed by atoms with E-state index in [0.29, 0.717) is 12.8 Å². The Morgan fingerprint density at radius 1 is 1.40 bits per heavy atom. The summed E-state index contributed by atoms with van der Waals surface area (Å²) in [6.45, 7) is 3.32. The van der Waals surface area contributed by atoms with E-state index in [1.807, 2.05) is 6.92 Å². The number of anilines is 1. The Hall–Kier alpha value is -1.27. The summed E-state index contributed by atoms with van der Waals surface area (Å²) >= 11 is 5.56. The molecule has 0 radical (unpaired) electrons. The minimum absolute atomic E-state index is 0.0561. The summed E-state index contributed by atoms with van der Waals surface area (Å²) in [6, 6.07) is 3.16. The predicted octanol–water partition coefficient (Wildman–Crippen LogP) is 3.81. The van der Waals surface area contributed by atoms with Crippen LogP contribution in [-0.2, 0) is 11.0 Å². The van der Waals surface area contributed by atoms with Gasteiger partial charge in [0.2, 0.25) is 5.91 Å². The van der Waals surface area contributed by atoms with Crippen LogP contribution in [0.25, 0.3) is 0 Å². The quantitative estimate of drug-likeness (QED) is 0.888. The van der Waals surface area contributed by atoms with Gasteiger partial charge in [-0.3, -0.25) is 4.79 Å². The predicted molar refractivity (Wildman–Crippen MR) is 72.6 cm³/mol. The van der Waals surface area contributed by atoms with Gasteiger partial charge in [-0.15, -0.1) is 0 Å². The molecular formula is C13H16ClF3N2O. The molecule has 0 spiro atoms. The van der Waals surface area contributed by atoms with Crippen LogP contribution in [-0.4, -0.2) is 11.4 Å². The number of alkyl halides is 3. The Bertz CT molecular complexity index is 501. The number of benzene rings is 1. The van der Waals surface area contributed by atoms with Gasteiger partial charge in [0, 0.05) is 5.02 Å². The minimum atomic E-state index is -4.61. The maximum Gasteiger partial charge on any atom is 0.418 e. The molecule has 0 aliphatic rings. The van der Waals surface area contributed by atoms with Crippen molar-refractivity contribution in [2.75, 3.05) is 5.32 Å². The van der Waals surface area contributed by atoms with Crippen molar-refractivity contribution in [1.29, 1.82) is 0 Å². The van der Waals surface area contributed by atoms with Crippen LogP contribution in [0, 0.1) is 0 Å². The van der Waals surface area contributed by atoms with E-state index < -0.39 is 23.2 Å². The van der Waals surface area contributed by atoms with E-state index in [-0.39, 0.29) is 10.7 Å². The van der Waals surface area contributed by atoms with Gasteiger partial charge in [0.05, 0.1) is 16.8 Å². The summed E-state index contributed by atoms with van der Waals surface area (Å²) in [5.41, 5.74) is 3.22. The van der Waals surface area contributed by atoms with Crippen molar-refractivity contribution in [2.45, 2.75) is 38.4 Å². The molecule has 1 unspecified atom stereocenters. The molecule has 1 atom stereocenters. The van der Waals surface area contributed by atoms with Crippen molar-refractivity contribution in [1.82, 2.24) is 0 Å². The normalized spacial score (nSPS) is 14.8. The lowest BCUT2D eigenvalue weighted by atomic mass is 9.96. The molecule has 0 heterocycles. The van der Waals surface area contributed by atoms with Gasteiger partial charge in [0.25, 0.3) is 0 Å². The molecule has 0 fully saturated rings. The molecule has 112 valence electrons. The summed E-state index contributed by atoms with van der Waals surface area (Å²) in [7, 11) is 0. The zero-order chi connectivity index (χ0) is 15.6. The molecule has 1 aromatic rings. The third-order valence-corrected chi connectivity index (χ3v) is 3.06. The number of halogens is 4. The Morgan fingerprint density at radius 2 is 2.00 bits per heavy atom. The number of hydrogen-bond donors (Lipinski definition) is 2. The summed E-state index contributed by atoms with van der Waals surface area (Å²) in [4.78, 5) is 12.0. The maximum atomic E-state index is 12.9. The highest BCUT2D eigenvalue weighted by atomic mass is 35.5. The molecule has 20 heavy (non-hydrogen) atoms. The highest BCUT2D eigenvalue weighted by Crippen LogP contribution is 2.36. The number of nitrogens with two attached hydrogens (primary N) is 1. The number of rotatable bonds is 4. The monoisotopic (exact) mass is 308 g/mol. The fourth-order valence-corrected chi connectivity index (χ4v) is 1.93. The zero-order valence-corrected chi connectivity index (χ0v) is 11.9. The summed E-state index contributed by atoms with van der Waals surface area (Å²) < 4.78 is 38.6. The van der Waals surface area contributed by atoms with Crippen molar-refractivity contribution in [3.63, 3.8) is 0 Å². The number of amides is 1. The lowest BCUT2D eigenvalue weighted by Gasteiger charge is -2.24. The summed E-state index contributed by atoms with van der Waals surface area (Å²) in [6.07, 6.45) is -3.59. The molecule has 0 saturated heterocycles. The average Bonchev–Trinajstić information content (AvgIpc) is 2.30. The van der Waals surface area contributed by atoms with Gasteiger partial charge in [-0.05, 0) is 31.5 Å². The molecule has 1 aromatic carbocycles. The topological polar surface area (TPSA) is 55.1 Å². The second-order valence-corrected chi connectivity index (χ2v) is 5.25. The first-order valence-electron chi connectivity index (χ1n) is 6.05. The van der Waals surface area contributed by atoms with E-state index in [1.165, 1.54) is 13.0 Å². The van der Waals surface area contributed by atoms with Gasteiger partial charge in [-0.1, -0.05) is 24.9 Å². The molecule has 3 N–H and O–H groups in total. The molecule has 0 aliphatic heterocycles. The fourth-order valence-electron chi connectivity index (χ4n) is 1.76. The second kappa shape index (κ2) is 6.01. The second-order valence-electron chi connectivity index (χ2n) is 4.81. The molecule has 0 aliphatic carbocycles. The Balaban J connectivity index is 3.07. The van der Waals surface area contributed by atoms with Crippen LogP contribution in [0.3, 0.4) is 0 Å². The highest BCUT2D eigenvalue weighted by molar-refractivity contribution is 6.30. The third kappa shape index (κ3) is 4.11. The summed E-state index contributed by atoms with van der Waals surface area (Å²) in [5, 5.41) is 2.17. The lowest BCUT2D eigenvalue weighted by molar-refractivity contribution is -0.137. The molecule has 0 aromatic heterocycles. The number of carbonyl (C=O) groups is 1. The number of carbonyl (C=O) groups excluding carboxylic acids is 1. The van der Waals surface area contributed by atoms with E-state index >= 15 is 0 Å². The van der Waals surface area contributed by atoms with E-state index in [1.54, 1.807) is 0 Å². The van der Waals surface area contributed by atoms with Crippen LogP contribution < -0.4 is 11.1 Å². The smallest absolute Gasteiger partial charge is 0.324 e. The van der Waals surface area contributed by atoms with E-state index in [9.17, 15) is 18.0 Å². The van der Waals surface area contributed by atoms with Gasteiger partial charge in [-0.2, -0.15) is 13.2 Å². The van der Waals surface area contributed by atoms with Crippen molar-refractivity contribution in [2.24, 2.45) is 5.73 Å². The Labute approximate surface area is 120 Å². The van der Waals surface area contributed by atoms with Crippen LogP contribution in [0.1, 0.15) is 32.3 Å². The SMILES string of the molecule is CCCC(C)(N)C(=O)Nc1ccc(Cl)cc1C(F)(F)F. The van der Waals surface area contributed by atoms with E-state index in [2.05, 4.69) is 5.32 Å². The molecule has 3 nitrogen and oxygen atoms in total.